The zero-order valence-corrected chi connectivity index (χ0v) is 24.3. The summed E-state index contributed by atoms with van der Waals surface area (Å²) in [7, 11) is 1.71. The molecule has 1 fully saturated rings. The van der Waals surface area contributed by atoms with Crippen LogP contribution in [0.2, 0.25) is 0 Å². The summed E-state index contributed by atoms with van der Waals surface area (Å²) in [6.45, 7) is 4.26. The van der Waals surface area contributed by atoms with Crippen LogP contribution in [-0.4, -0.2) is 77.8 Å². The fourth-order valence-corrected chi connectivity index (χ4v) is 5.42. The number of urea groups is 2. The van der Waals surface area contributed by atoms with E-state index in [9.17, 15) is 19.5 Å². The van der Waals surface area contributed by atoms with Crippen molar-refractivity contribution in [3.63, 3.8) is 0 Å². The summed E-state index contributed by atoms with van der Waals surface area (Å²) in [5.74, 6) is 0.247. The molecule has 41 heavy (non-hydrogen) atoms. The van der Waals surface area contributed by atoms with E-state index in [1.807, 2.05) is 44.2 Å². The highest BCUT2D eigenvalue weighted by molar-refractivity contribution is 5.90. The van der Waals surface area contributed by atoms with Crippen LogP contribution in [0.3, 0.4) is 0 Å². The van der Waals surface area contributed by atoms with Crippen LogP contribution in [0.1, 0.15) is 51.5 Å². The van der Waals surface area contributed by atoms with Gasteiger partial charge in [-0.3, -0.25) is 4.79 Å². The van der Waals surface area contributed by atoms with Crippen molar-refractivity contribution in [1.29, 1.82) is 0 Å². The lowest BCUT2D eigenvalue weighted by Gasteiger charge is -2.34. The molecule has 10 nitrogen and oxygen atoms in total. The Kier molecular flexibility index (Phi) is 10.5. The molecular weight excluding hydrogens is 522 g/mol. The van der Waals surface area contributed by atoms with E-state index in [1.54, 1.807) is 35.0 Å². The van der Waals surface area contributed by atoms with E-state index in [4.69, 9.17) is 4.74 Å². The Balaban J connectivity index is 1.53. The monoisotopic (exact) mass is 565 g/mol. The Bertz CT molecular complexity index is 1190. The Labute approximate surface area is 242 Å². The van der Waals surface area contributed by atoms with Gasteiger partial charge in [0.15, 0.2) is 0 Å². The molecule has 0 radical (unpaired) electrons. The Morgan fingerprint density at radius 2 is 1.80 bits per heavy atom. The number of para-hydroxylation sites is 1. The molecule has 0 unspecified atom stereocenters. The van der Waals surface area contributed by atoms with Crippen molar-refractivity contribution in [2.75, 3.05) is 37.4 Å². The Morgan fingerprint density at radius 3 is 2.51 bits per heavy atom. The molecule has 0 bridgehead atoms. The number of carbonyl (C=O) groups is 3. The molecule has 1 heterocycles. The minimum atomic E-state index is -0.437. The predicted molar refractivity (Wildman–Crippen MR) is 159 cm³/mol. The van der Waals surface area contributed by atoms with Gasteiger partial charge in [-0.05, 0) is 50.1 Å². The van der Waals surface area contributed by atoms with Gasteiger partial charge in [-0.2, -0.15) is 0 Å². The van der Waals surface area contributed by atoms with Crippen molar-refractivity contribution in [2.24, 2.45) is 5.92 Å². The number of benzene rings is 2. The molecule has 4 N–H and O–H groups in total. The first-order valence-electron chi connectivity index (χ1n) is 14.6. The molecule has 3 atom stereocenters. The van der Waals surface area contributed by atoms with Crippen LogP contribution in [0.15, 0.2) is 48.5 Å². The predicted octanol–water partition coefficient (Wildman–Crippen LogP) is 4.45. The van der Waals surface area contributed by atoms with E-state index in [0.29, 0.717) is 29.2 Å². The van der Waals surface area contributed by atoms with Crippen molar-refractivity contribution in [1.82, 2.24) is 15.1 Å². The highest BCUT2D eigenvalue weighted by atomic mass is 16.5. The molecule has 5 amide bonds. The second kappa shape index (κ2) is 14.2. The molecule has 0 spiro atoms. The van der Waals surface area contributed by atoms with Crippen molar-refractivity contribution >= 4 is 29.3 Å². The third-order valence-corrected chi connectivity index (χ3v) is 7.94. The molecule has 2 aromatic carbocycles. The molecule has 1 saturated carbocycles. The number of hydrogen-bond acceptors (Lipinski definition) is 5. The molecule has 2 aliphatic rings. The number of nitrogens with one attached hydrogen (secondary N) is 3. The van der Waals surface area contributed by atoms with Gasteiger partial charge in [0.25, 0.3) is 0 Å². The Morgan fingerprint density at radius 1 is 1.07 bits per heavy atom. The van der Waals surface area contributed by atoms with Gasteiger partial charge in [0.1, 0.15) is 11.9 Å². The molecular formula is C31H43N5O5. The van der Waals surface area contributed by atoms with Gasteiger partial charge in [0.2, 0.25) is 5.91 Å². The van der Waals surface area contributed by atoms with E-state index < -0.39 is 6.10 Å². The highest BCUT2D eigenvalue weighted by Crippen LogP contribution is 2.29. The first-order chi connectivity index (χ1) is 19.7. The van der Waals surface area contributed by atoms with Crippen LogP contribution in [0, 0.1) is 5.92 Å². The molecule has 0 aromatic heterocycles. The zero-order valence-electron chi connectivity index (χ0n) is 24.3. The second-order valence-corrected chi connectivity index (χ2v) is 11.3. The molecule has 1 aliphatic heterocycles. The number of amides is 5. The van der Waals surface area contributed by atoms with Crippen LogP contribution < -0.4 is 20.7 Å². The summed E-state index contributed by atoms with van der Waals surface area (Å²) in [4.78, 5) is 42.3. The SMILES string of the molecule is C[C@H]1CN([C@@H](C)CO)C(=O)Cc2cc(NC(=O)NC3CCCCC3)ccc2O[C@H]1CN(C)C(=O)Nc1ccccc1. The number of carbonyl (C=O) groups excluding carboxylic acids is 3. The van der Waals surface area contributed by atoms with Crippen molar-refractivity contribution in [3.8, 4) is 5.75 Å². The summed E-state index contributed by atoms with van der Waals surface area (Å²) in [5, 5.41) is 18.7. The fraction of sp³-hybridized carbons (Fsp3) is 0.516. The van der Waals surface area contributed by atoms with Crippen molar-refractivity contribution < 1.29 is 24.2 Å². The van der Waals surface area contributed by atoms with Gasteiger partial charge in [-0.15, -0.1) is 0 Å². The van der Waals surface area contributed by atoms with Gasteiger partial charge in [0.05, 0.1) is 25.6 Å². The number of ether oxygens (including phenoxy) is 1. The number of fused-ring (bicyclic) bond motifs is 1. The number of anilines is 2. The minimum absolute atomic E-state index is 0.0587. The quantitative estimate of drug-likeness (QED) is 0.395. The summed E-state index contributed by atoms with van der Waals surface area (Å²) in [6.07, 6.45) is 5.03. The van der Waals surface area contributed by atoms with Crippen molar-refractivity contribution in [3.05, 3.63) is 54.1 Å². The first-order valence-corrected chi connectivity index (χ1v) is 14.6. The topological polar surface area (TPSA) is 123 Å². The maximum atomic E-state index is 13.5. The van der Waals surface area contributed by atoms with E-state index >= 15 is 0 Å². The van der Waals surface area contributed by atoms with Gasteiger partial charge in [-0.25, -0.2) is 9.59 Å². The summed E-state index contributed by atoms with van der Waals surface area (Å²) < 4.78 is 6.50. The third kappa shape index (κ3) is 8.36. The average Bonchev–Trinajstić information content (AvgIpc) is 3.01. The fourth-order valence-electron chi connectivity index (χ4n) is 5.42. The molecule has 2 aromatic rings. The smallest absolute Gasteiger partial charge is 0.321 e. The summed E-state index contributed by atoms with van der Waals surface area (Å²) in [6, 6.07) is 13.8. The van der Waals surface area contributed by atoms with Crippen LogP contribution in [0.5, 0.6) is 5.75 Å². The molecule has 10 heteroatoms. The normalized spacial score (nSPS) is 20.4. The zero-order chi connectivity index (χ0) is 29.4. The summed E-state index contributed by atoms with van der Waals surface area (Å²) >= 11 is 0. The molecule has 0 saturated heterocycles. The highest BCUT2D eigenvalue weighted by Gasteiger charge is 2.32. The van der Waals surface area contributed by atoms with Gasteiger partial charge in [-0.1, -0.05) is 44.4 Å². The van der Waals surface area contributed by atoms with Crippen LogP contribution in [0.4, 0.5) is 21.0 Å². The molecule has 222 valence electrons. The summed E-state index contributed by atoms with van der Waals surface area (Å²) in [5.41, 5.74) is 1.90. The second-order valence-electron chi connectivity index (χ2n) is 11.3. The average molecular weight is 566 g/mol. The number of aliphatic hydroxyl groups excluding tert-OH is 1. The lowest BCUT2D eigenvalue weighted by atomic mass is 9.96. The lowest BCUT2D eigenvalue weighted by Crippen LogP contribution is -2.48. The van der Waals surface area contributed by atoms with Crippen LogP contribution in [-0.2, 0) is 11.2 Å². The van der Waals surface area contributed by atoms with Crippen molar-refractivity contribution in [2.45, 2.75) is 70.6 Å². The number of aliphatic hydroxyl groups is 1. The van der Waals surface area contributed by atoms with Crippen LogP contribution >= 0.6 is 0 Å². The van der Waals surface area contributed by atoms with E-state index in [-0.39, 0.29) is 55.5 Å². The maximum absolute atomic E-state index is 13.5. The van der Waals surface area contributed by atoms with E-state index in [0.717, 1.165) is 25.7 Å². The molecule has 1 aliphatic carbocycles. The standard InChI is InChI=1S/C31H43N5O5/c1-21-18-36(22(2)20-37)29(38)17-23-16-26(33-30(39)32-24-10-6-4-7-11-24)14-15-27(23)41-28(21)19-35(3)31(40)34-25-12-8-5-9-13-25/h5,8-9,12-16,21-22,24,28,37H,4,6-7,10-11,17-20H2,1-3H3,(H,34,40)(H2,32,33,39)/t21-,22-,28-/m0/s1. The first kappa shape index (κ1) is 30.2. The van der Waals surface area contributed by atoms with Gasteiger partial charge < -0.3 is 35.6 Å². The number of rotatable bonds is 7. The third-order valence-electron chi connectivity index (χ3n) is 7.94. The maximum Gasteiger partial charge on any atom is 0.321 e. The van der Waals surface area contributed by atoms with Gasteiger partial charge in [0, 0.05) is 42.5 Å². The lowest BCUT2D eigenvalue weighted by molar-refractivity contribution is -0.134. The minimum Gasteiger partial charge on any atom is -0.488 e. The number of likely N-dealkylation sites (N-methyl/N-ethyl adjacent to an activating group) is 1. The van der Waals surface area contributed by atoms with Crippen LogP contribution in [0.25, 0.3) is 0 Å². The Hall–Kier alpha value is -3.79. The van der Waals surface area contributed by atoms with E-state index in [2.05, 4.69) is 16.0 Å². The number of nitrogens with zero attached hydrogens (tertiary/aromatic N) is 2. The molecule has 4 rings (SSSR count). The van der Waals surface area contributed by atoms with Gasteiger partial charge >= 0.3 is 12.1 Å². The largest absolute Gasteiger partial charge is 0.488 e. The van der Waals surface area contributed by atoms with E-state index in [1.165, 1.54) is 6.42 Å². The number of hydrogen-bond donors (Lipinski definition) is 4.